The van der Waals surface area contributed by atoms with Gasteiger partial charge in [0.15, 0.2) is 12.0 Å². The first-order valence-electron chi connectivity index (χ1n) is 5.89. The highest BCUT2D eigenvalue weighted by molar-refractivity contribution is 5.47. The highest BCUT2D eigenvalue weighted by Crippen LogP contribution is 2.43. The van der Waals surface area contributed by atoms with Crippen molar-refractivity contribution < 1.29 is 18.3 Å². The smallest absolute Gasteiger partial charge is 0.203 e. The van der Waals surface area contributed by atoms with Gasteiger partial charge in [0.25, 0.3) is 0 Å². The molecule has 2 aromatic heterocycles. The van der Waals surface area contributed by atoms with Gasteiger partial charge in [-0.05, 0) is 20.8 Å². The highest BCUT2D eigenvalue weighted by Gasteiger charge is 2.31. The molecular formula is C13H15NO4. The first-order valence-corrected chi connectivity index (χ1v) is 5.89. The van der Waals surface area contributed by atoms with E-state index in [1.807, 2.05) is 27.7 Å². The summed E-state index contributed by atoms with van der Waals surface area (Å²) in [6.45, 7) is 7.83. The van der Waals surface area contributed by atoms with Gasteiger partial charge in [0.05, 0.1) is 0 Å². The molecule has 18 heavy (non-hydrogen) atoms. The lowest BCUT2D eigenvalue weighted by Crippen LogP contribution is -2.22. The van der Waals surface area contributed by atoms with Crippen LogP contribution in [0, 0.1) is 27.7 Å². The Morgan fingerprint density at radius 1 is 0.944 bits per heavy atom. The highest BCUT2D eigenvalue weighted by atomic mass is 16.6. The number of fused-ring (bicyclic) bond motifs is 1. The molecular weight excluding hydrogens is 234 g/mol. The maximum absolute atomic E-state index is 5.92. The molecule has 2 aromatic rings. The Balaban J connectivity index is 1.95. The summed E-state index contributed by atoms with van der Waals surface area (Å²) in [7, 11) is 0. The topological polar surface area (TPSA) is 57.6 Å². The minimum absolute atomic E-state index is 0.245. The summed E-state index contributed by atoms with van der Waals surface area (Å²) in [5, 5.41) is 0. The lowest BCUT2D eigenvalue weighted by Gasteiger charge is -2.23. The molecule has 5 nitrogen and oxygen atoms in total. The number of rotatable bonds is 1. The van der Waals surface area contributed by atoms with Crippen LogP contribution in [0.2, 0.25) is 0 Å². The van der Waals surface area contributed by atoms with Crippen LogP contribution in [0.25, 0.3) is 0 Å². The van der Waals surface area contributed by atoms with Crippen molar-refractivity contribution in [2.45, 2.75) is 33.8 Å². The molecule has 0 spiro atoms. The molecule has 1 atom stereocenters. The van der Waals surface area contributed by atoms with E-state index >= 15 is 0 Å². The van der Waals surface area contributed by atoms with Crippen molar-refractivity contribution >= 4 is 0 Å². The SMILES string of the molecule is Cc1nc(C2COc3c(C)oc(C)c3O2)c(C)o1. The maximum atomic E-state index is 5.92. The van der Waals surface area contributed by atoms with Gasteiger partial charge in [-0.2, -0.15) is 0 Å². The van der Waals surface area contributed by atoms with Crippen molar-refractivity contribution in [3.63, 3.8) is 0 Å². The van der Waals surface area contributed by atoms with E-state index in [-0.39, 0.29) is 6.10 Å². The molecule has 0 saturated carbocycles. The second-order valence-electron chi connectivity index (χ2n) is 4.46. The molecule has 1 aliphatic heterocycles. The van der Waals surface area contributed by atoms with Gasteiger partial charge < -0.3 is 18.3 Å². The van der Waals surface area contributed by atoms with Crippen LogP contribution in [-0.2, 0) is 0 Å². The molecule has 1 aliphatic rings. The zero-order valence-electron chi connectivity index (χ0n) is 10.9. The van der Waals surface area contributed by atoms with E-state index in [0.717, 1.165) is 23.0 Å². The van der Waals surface area contributed by atoms with Crippen molar-refractivity contribution in [2.75, 3.05) is 6.61 Å². The average molecular weight is 249 g/mol. The second kappa shape index (κ2) is 3.80. The van der Waals surface area contributed by atoms with E-state index in [2.05, 4.69) is 4.98 Å². The molecule has 0 amide bonds. The van der Waals surface area contributed by atoms with Gasteiger partial charge in [-0.15, -0.1) is 0 Å². The van der Waals surface area contributed by atoms with Crippen LogP contribution in [0.4, 0.5) is 0 Å². The van der Waals surface area contributed by atoms with Gasteiger partial charge in [-0.1, -0.05) is 0 Å². The van der Waals surface area contributed by atoms with Crippen molar-refractivity contribution in [2.24, 2.45) is 0 Å². The fraction of sp³-hybridized carbons (Fsp3) is 0.462. The molecule has 0 saturated heterocycles. The van der Waals surface area contributed by atoms with Crippen LogP contribution in [0.3, 0.4) is 0 Å². The van der Waals surface area contributed by atoms with Gasteiger partial charge in [0.2, 0.25) is 11.5 Å². The summed E-state index contributed by atoms with van der Waals surface area (Å²) < 4.78 is 22.5. The predicted molar refractivity (Wildman–Crippen MR) is 63.0 cm³/mol. The monoisotopic (exact) mass is 249 g/mol. The molecule has 3 rings (SSSR count). The number of hydrogen-bond donors (Lipinski definition) is 0. The molecule has 3 heterocycles. The van der Waals surface area contributed by atoms with Crippen LogP contribution in [0.1, 0.15) is 35.0 Å². The lowest BCUT2D eigenvalue weighted by atomic mass is 10.2. The van der Waals surface area contributed by atoms with E-state index in [1.54, 1.807) is 0 Å². The van der Waals surface area contributed by atoms with Crippen LogP contribution in [0.15, 0.2) is 8.83 Å². The summed E-state index contributed by atoms with van der Waals surface area (Å²) in [5.41, 5.74) is 0.788. The van der Waals surface area contributed by atoms with Crippen molar-refractivity contribution in [3.05, 3.63) is 28.9 Å². The average Bonchev–Trinajstić information content (AvgIpc) is 2.80. The predicted octanol–water partition coefficient (Wildman–Crippen LogP) is 3.01. The first-order chi connectivity index (χ1) is 8.56. The van der Waals surface area contributed by atoms with Gasteiger partial charge in [-0.25, -0.2) is 4.98 Å². The molecule has 96 valence electrons. The molecule has 0 bridgehead atoms. The molecule has 0 radical (unpaired) electrons. The fourth-order valence-corrected chi connectivity index (χ4v) is 2.26. The van der Waals surface area contributed by atoms with Gasteiger partial charge in [-0.3, -0.25) is 0 Å². The minimum Gasteiger partial charge on any atom is -0.482 e. The molecule has 0 fully saturated rings. The summed E-state index contributed by atoms with van der Waals surface area (Å²) in [5.74, 6) is 4.24. The Hall–Kier alpha value is -1.91. The van der Waals surface area contributed by atoms with E-state index in [9.17, 15) is 0 Å². The number of hydrogen-bond acceptors (Lipinski definition) is 5. The second-order valence-corrected chi connectivity index (χ2v) is 4.46. The summed E-state index contributed by atoms with van der Waals surface area (Å²) >= 11 is 0. The van der Waals surface area contributed by atoms with Gasteiger partial charge >= 0.3 is 0 Å². The van der Waals surface area contributed by atoms with Gasteiger partial charge in [0, 0.05) is 6.92 Å². The van der Waals surface area contributed by atoms with E-state index in [1.165, 1.54) is 0 Å². The zero-order valence-corrected chi connectivity index (χ0v) is 10.9. The maximum Gasteiger partial charge on any atom is 0.203 e. The molecule has 5 heteroatoms. The summed E-state index contributed by atoms with van der Waals surface area (Å²) in [4.78, 5) is 4.34. The third kappa shape index (κ3) is 1.58. The Kier molecular flexibility index (Phi) is 2.36. The van der Waals surface area contributed by atoms with E-state index in [0.29, 0.717) is 24.0 Å². The Morgan fingerprint density at radius 3 is 2.33 bits per heavy atom. The van der Waals surface area contributed by atoms with Crippen LogP contribution in [-0.4, -0.2) is 11.6 Å². The third-order valence-electron chi connectivity index (χ3n) is 3.04. The quantitative estimate of drug-likeness (QED) is 0.777. The lowest BCUT2D eigenvalue weighted by molar-refractivity contribution is 0.0876. The Labute approximate surface area is 105 Å². The number of furan rings is 1. The Bertz CT molecular complexity index is 596. The van der Waals surface area contributed by atoms with E-state index in [4.69, 9.17) is 18.3 Å². The summed E-state index contributed by atoms with van der Waals surface area (Å²) in [6, 6.07) is 0. The first kappa shape index (κ1) is 11.2. The van der Waals surface area contributed by atoms with Gasteiger partial charge in [0.1, 0.15) is 29.6 Å². The molecule has 1 unspecified atom stereocenters. The zero-order chi connectivity index (χ0) is 12.9. The van der Waals surface area contributed by atoms with Crippen molar-refractivity contribution in [3.8, 4) is 11.5 Å². The number of ether oxygens (including phenoxy) is 2. The molecule has 0 aromatic carbocycles. The normalized spacial score (nSPS) is 18.1. The van der Waals surface area contributed by atoms with Crippen LogP contribution in [0.5, 0.6) is 11.5 Å². The summed E-state index contributed by atoms with van der Waals surface area (Å²) in [6.07, 6.45) is -0.245. The number of oxazole rings is 1. The fourth-order valence-electron chi connectivity index (χ4n) is 2.26. The largest absolute Gasteiger partial charge is 0.482 e. The van der Waals surface area contributed by atoms with Crippen LogP contribution >= 0.6 is 0 Å². The van der Waals surface area contributed by atoms with Crippen LogP contribution < -0.4 is 9.47 Å². The minimum atomic E-state index is -0.245. The number of nitrogens with zero attached hydrogens (tertiary/aromatic N) is 1. The van der Waals surface area contributed by atoms with Crippen molar-refractivity contribution in [1.29, 1.82) is 0 Å². The van der Waals surface area contributed by atoms with E-state index < -0.39 is 0 Å². The third-order valence-corrected chi connectivity index (χ3v) is 3.04. The molecule has 0 N–H and O–H groups in total. The standard InChI is InChI=1S/C13H15NO4/c1-6-11(14-9(4)17-6)10-5-15-12-7(2)16-8(3)13(12)18-10/h10H,5H2,1-4H3. The molecule has 0 aliphatic carbocycles. The van der Waals surface area contributed by atoms with Crippen molar-refractivity contribution in [1.82, 2.24) is 4.98 Å². The number of aromatic nitrogens is 1. The Morgan fingerprint density at radius 2 is 1.67 bits per heavy atom. The number of aryl methyl sites for hydroxylation is 4.